The molecule has 1 saturated heterocycles. The van der Waals surface area contributed by atoms with E-state index in [0.29, 0.717) is 0 Å². The molecule has 0 aliphatic carbocycles. The lowest BCUT2D eigenvalue weighted by Gasteiger charge is -2.32. The molecule has 1 aliphatic rings. The minimum Gasteiger partial charge on any atom is -0.399 e. The topological polar surface area (TPSA) is 78.6 Å². The van der Waals surface area contributed by atoms with E-state index in [-0.39, 0.29) is 10.4 Å². The highest BCUT2D eigenvalue weighted by atomic mass is 32.2. The molecule has 2 N–H and O–H groups in total. The summed E-state index contributed by atoms with van der Waals surface area (Å²) in [5, 5.41) is 4.96. The Morgan fingerprint density at radius 2 is 1.65 bits per heavy atom. The van der Waals surface area contributed by atoms with E-state index in [1.54, 1.807) is 0 Å². The predicted molar refractivity (Wildman–Crippen MR) is 73.5 cm³/mol. The van der Waals surface area contributed by atoms with Gasteiger partial charge in [-0.05, 0) is 39.8 Å². The molecule has 0 saturated carbocycles. The van der Waals surface area contributed by atoms with Gasteiger partial charge in [-0.3, -0.25) is 0 Å². The fourth-order valence-electron chi connectivity index (χ4n) is 1.85. The van der Waals surface area contributed by atoms with Crippen LogP contribution in [0.4, 0.5) is 4.39 Å². The van der Waals surface area contributed by atoms with Gasteiger partial charge in [-0.2, -0.15) is 0 Å². The van der Waals surface area contributed by atoms with Gasteiger partial charge < -0.3 is 9.31 Å². The van der Waals surface area contributed by atoms with Crippen LogP contribution in [0.1, 0.15) is 27.7 Å². The first-order chi connectivity index (χ1) is 8.94. The molecule has 8 heteroatoms. The van der Waals surface area contributed by atoms with Crippen LogP contribution in [0.2, 0.25) is 0 Å². The summed E-state index contributed by atoms with van der Waals surface area (Å²) in [5.41, 5.74) is -1.04. The van der Waals surface area contributed by atoms with Crippen LogP contribution in [-0.4, -0.2) is 26.7 Å². The first-order valence-electron chi connectivity index (χ1n) is 6.12. The van der Waals surface area contributed by atoms with Gasteiger partial charge in [-0.1, -0.05) is 6.07 Å². The lowest BCUT2D eigenvalue weighted by molar-refractivity contribution is 0.00578. The number of hydrogen-bond acceptors (Lipinski definition) is 4. The number of sulfonamides is 1. The molecule has 2 rings (SSSR count). The Kier molecular flexibility index (Phi) is 3.49. The van der Waals surface area contributed by atoms with E-state index in [4.69, 9.17) is 14.4 Å². The highest BCUT2D eigenvalue weighted by Crippen LogP contribution is 2.36. The number of benzene rings is 1. The Balaban J connectivity index is 2.37. The normalized spacial score (nSPS) is 21.2. The molecule has 1 aromatic rings. The van der Waals surface area contributed by atoms with E-state index in [1.807, 2.05) is 27.7 Å². The van der Waals surface area contributed by atoms with Gasteiger partial charge in [-0.25, -0.2) is 17.9 Å². The SMILES string of the molecule is CC1(C)OB(c2ccc(S(N)(=O)=O)cc2F)OC1(C)C. The molecule has 0 bridgehead atoms. The molecule has 1 aromatic carbocycles. The van der Waals surface area contributed by atoms with Crippen molar-refractivity contribution in [1.82, 2.24) is 0 Å². The average Bonchev–Trinajstić information content (AvgIpc) is 2.46. The van der Waals surface area contributed by atoms with Crippen LogP contribution in [0.15, 0.2) is 23.1 Å². The van der Waals surface area contributed by atoms with Crippen molar-refractivity contribution in [3.63, 3.8) is 0 Å². The molecule has 0 spiro atoms. The first kappa shape index (κ1) is 15.4. The second-order valence-electron chi connectivity index (χ2n) is 5.82. The Hall–Kier alpha value is -0.955. The second-order valence-corrected chi connectivity index (χ2v) is 7.38. The summed E-state index contributed by atoms with van der Waals surface area (Å²) in [7, 11) is -4.81. The summed E-state index contributed by atoms with van der Waals surface area (Å²) >= 11 is 0. The van der Waals surface area contributed by atoms with E-state index in [9.17, 15) is 12.8 Å². The standard InChI is InChI=1S/C12H17BFNO4S/c1-11(2)12(3,4)19-13(18-11)9-6-5-8(7-10(9)14)20(15,16)17/h5-7H,1-4H3,(H2,15,16,17). The highest BCUT2D eigenvalue weighted by Gasteiger charge is 2.52. The van der Waals surface area contributed by atoms with Gasteiger partial charge in [0.15, 0.2) is 0 Å². The number of primary sulfonamides is 1. The highest BCUT2D eigenvalue weighted by molar-refractivity contribution is 7.89. The predicted octanol–water partition coefficient (Wildman–Crippen LogP) is 0.772. The van der Waals surface area contributed by atoms with Gasteiger partial charge in [0.25, 0.3) is 0 Å². The Bertz CT molecular complexity index is 629. The summed E-state index contributed by atoms with van der Waals surface area (Å²) in [6.45, 7) is 7.40. The van der Waals surface area contributed by atoms with E-state index < -0.39 is 34.2 Å². The van der Waals surface area contributed by atoms with Crippen LogP contribution in [0.5, 0.6) is 0 Å². The lowest BCUT2D eigenvalue weighted by atomic mass is 9.79. The Morgan fingerprint density at radius 3 is 2.05 bits per heavy atom. The first-order valence-corrected chi connectivity index (χ1v) is 7.66. The van der Waals surface area contributed by atoms with Gasteiger partial charge in [0.05, 0.1) is 16.1 Å². The fraction of sp³-hybridized carbons (Fsp3) is 0.500. The van der Waals surface area contributed by atoms with E-state index in [0.717, 1.165) is 6.07 Å². The number of nitrogens with two attached hydrogens (primary N) is 1. The molecule has 0 radical (unpaired) electrons. The Labute approximate surface area is 118 Å². The van der Waals surface area contributed by atoms with Crippen molar-refractivity contribution in [3.8, 4) is 0 Å². The van der Waals surface area contributed by atoms with Gasteiger partial charge in [0, 0.05) is 5.46 Å². The maximum atomic E-state index is 14.1. The third-order valence-electron chi connectivity index (χ3n) is 3.81. The second kappa shape index (κ2) is 4.52. The van der Waals surface area contributed by atoms with Crippen molar-refractivity contribution >= 4 is 22.6 Å². The van der Waals surface area contributed by atoms with Crippen molar-refractivity contribution in [3.05, 3.63) is 24.0 Å². The monoisotopic (exact) mass is 301 g/mol. The lowest BCUT2D eigenvalue weighted by Crippen LogP contribution is -2.41. The molecule has 0 unspecified atom stereocenters. The molecule has 20 heavy (non-hydrogen) atoms. The largest absolute Gasteiger partial charge is 0.497 e. The number of hydrogen-bond donors (Lipinski definition) is 1. The molecular formula is C12H17BFNO4S. The van der Waals surface area contributed by atoms with E-state index in [1.165, 1.54) is 12.1 Å². The molecule has 1 heterocycles. The number of rotatable bonds is 2. The summed E-state index contributed by atoms with van der Waals surface area (Å²) < 4.78 is 47.8. The summed E-state index contributed by atoms with van der Waals surface area (Å²) in [6.07, 6.45) is 0. The van der Waals surface area contributed by atoms with Crippen LogP contribution in [-0.2, 0) is 19.3 Å². The van der Waals surface area contributed by atoms with E-state index in [2.05, 4.69) is 0 Å². The van der Waals surface area contributed by atoms with Crippen molar-refractivity contribution in [2.45, 2.75) is 43.8 Å². The van der Waals surface area contributed by atoms with Crippen LogP contribution < -0.4 is 10.6 Å². The molecule has 1 fully saturated rings. The maximum Gasteiger partial charge on any atom is 0.497 e. The van der Waals surface area contributed by atoms with Crippen LogP contribution in [0.25, 0.3) is 0 Å². The fourth-order valence-corrected chi connectivity index (χ4v) is 2.37. The third-order valence-corrected chi connectivity index (χ3v) is 4.72. The number of halogens is 1. The summed E-state index contributed by atoms with van der Waals surface area (Å²) in [4.78, 5) is -0.282. The molecule has 5 nitrogen and oxygen atoms in total. The molecular weight excluding hydrogens is 284 g/mol. The zero-order valence-corrected chi connectivity index (χ0v) is 12.6. The zero-order chi connectivity index (χ0) is 15.3. The van der Waals surface area contributed by atoms with Crippen LogP contribution in [0.3, 0.4) is 0 Å². The minimum atomic E-state index is -3.93. The summed E-state index contributed by atoms with van der Waals surface area (Å²) in [5.74, 6) is -0.727. The van der Waals surface area contributed by atoms with E-state index >= 15 is 0 Å². The third kappa shape index (κ3) is 2.60. The van der Waals surface area contributed by atoms with Crippen molar-refractivity contribution in [1.29, 1.82) is 0 Å². The Morgan fingerprint density at radius 1 is 1.15 bits per heavy atom. The summed E-state index contributed by atoms with van der Waals surface area (Å²) in [6, 6.07) is 3.42. The van der Waals surface area contributed by atoms with Gasteiger partial charge >= 0.3 is 7.12 Å². The van der Waals surface area contributed by atoms with Crippen molar-refractivity contribution in [2.24, 2.45) is 5.14 Å². The van der Waals surface area contributed by atoms with Gasteiger partial charge in [-0.15, -0.1) is 0 Å². The average molecular weight is 301 g/mol. The van der Waals surface area contributed by atoms with Crippen molar-refractivity contribution < 1.29 is 22.1 Å². The minimum absolute atomic E-state index is 0.149. The van der Waals surface area contributed by atoms with Crippen molar-refractivity contribution in [2.75, 3.05) is 0 Å². The molecule has 110 valence electrons. The quantitative estimate of drug-likeness (QED) is 0.819. The van der Waals surface area contributed by atoms with Gasteiger partial charge in [0.2, 0.25) is 10.0 Å². The molecule has 0 aromatic heterocycles. The molecule has 0 atom stereocenters. The van der Waals surface area contributed by atoms with Gasteiger partial charge in [0.1, 0.15) is 5.82 Å². The van der Waals surface area contributed by atoms with Crippen LogP contribution in [0, 0.1) is 5.82 Å². The zero-order valence-electron chi connectivity index (χ0n) is 11.8. The molecule has 1 aliphatic heterocycles. The maximum absolute atomic E-state index is 14.1. The van der Waals surface area contributed by atoms with Crippen LogP contribution >= 0.6 is 0 Å². The smallest absolute Gasteiger partial charge is 0.399 e. The molecule has 0 amide bonds.